The van der Waals surface area contributed by atoms with Gasteiger partial charge in [-0.2, -0.15) is 0 Å². The van der Waals surface area contributed by atoms with Crippen molar-refractivity contribution in [3.05, 3.63) is 29.3 Å². The van der Waals surface area contributed by atoms with Crippen LogP contribution in [0.15, 0.2) is 18.2 Å². The van der Waals surface area contributed by atoms with Crippen molar-refractivity contribution < 1.29 is 14.3 Å². The van der Waals surface area contributed by atoms with Crippen LogP contribution in [0.2, 0.25) is 0 Å². The van der Waals surface area contributed by atoms with E-state index in [1.807, 2.05) is 0 Å². The number of anilines is 1. The van der Waals surface area contributed by atoms with Crippen molar-refractivity contribution in [2.75, 3.05) is 19.0 Å². The first kappa shape index (κ1) is 14.1. The molecule has 1 atom stereocenters. The van der Waals surface area contributed by atoms with Crippen LogP contribution in [-0.2, 0) is 9.53 Å². The van der Waals surface area contributed by atoms with Crippen molar-refractivity contribution in [2.45, 2.75) is 13.0 Å². The molecule has 18 heavy (non-hydrogen) atoms. The van der Waals surface area contributed by atoms with Gasteiger partial charge in [0.15, 0.2) is 0 Å². The zero-order valence-electron chi connectivity index (χ0n) is 10.4. The molecule has 0 aromatic heterocycles. The molecule has 0 radical (unpaired) electrons. The fourth-order valence-corrected chi connectivity index (χ4v) is 1.58. The molecule has 0 bridgehead atoms. The van der Waals surface area contributed by atoms with E-state index in [-0.39, 0.29) is 12.2 Å². The Morgan fingerprint density at radius 3 is 2.67 bits per heavy atom. The highest BCUT2D eigenvalue weighted by atomic mass is 16.5. The molecule has 0 aliphatic heterocycles. The lowest BCUT2D eigenvalue weighted by Crippen LogP contribution is -2.39. The molecular formula is C12H17N3O3. The molecule has 0 fully saturated rings. The highest BCUT2D eigenvalue weighted by Gasteiger charge is 2.17. The number of primary amides is 1. The van der Waals surface area contributed by atoms with Gasteiger partial charge in [0, 0.05) is 7.11 Å². The molecule has 1 rings (SSSR count). The summed E-state index contributed by atoms with van der Waals surface area (Å²) in [5.41, 5.74) is 12.2. The van der Waals surface area contributed by atoms with Crippen LogP contribution in [0.1, 0.15) is 15.9 Å². The molecule has 98 valence electrons. The molecule has 0 aliphatic rings. The molecule has 0 aliphatic carbocycles. The summed E-state index contributed by atoms with van der Waals surface area (Å²) >= 11 is 0. The third-order valence-corrected chi connectivity index (χ3v) is 2.46. The summed E-state index contributed by atoms with van der Waals surface area (Å²) in [7, 11) is 1.45. The van der Waals surface area contributed by atoms with E-state index >= 15 is 0 Å². The number of ether oxygens (including phenoxy) is 1. The molecule has 1 unspecified atom stereocenters. The monoisotopic (exact) mass is 251 g/mol. The van der Waals surface area contributed by atoms with Gasteiger partial charge in [-0.25, -0.2) is 0 Å². The molecular weight excluding hydrogens is 234 g/mol. The number of benzene rings is 1. The van der Waals surface area contributed by atoms with E-state index in [9.17, 15) is 9.59 Å². The van der Waals surface area contributed by atoms with Gasteiger partial charge in [-0.3, -0.25) is 9.59 Å². The highest BCUT2D eigenvalue weighted by Crippen LogP contribution is 2.18. The lowest BCUT2D eigenvalue weighted by atomic mass is 10.1. The van der Waals surface area contributed by atoms with Crippen LogP contribution in [0.4, 0.5) is 5.69 Å². The third kappa shape index (κ3) is 3.28. The average Bonchev–Trinajstić information content (AvgIpc) is 2.28. The fourth-order valence-electron chi connectivity index (χ4n) is 1.58. The van der Waals surface area contributed by atoms with Crippen LogP contribution < -0.4 is 16.8 Å². The van der Waals surface area contributed by atoms with Crippen molar-refractivity contribution >= 4 is 17.5 Å². The summed E-state index contributed by atoms with van der Waals surface area (Å²) in [6, 6.07) is 4.27. The lowest BCUT2D eigenvalue weighted by Gasteiger charge is -2.14. The van der Waals surface area contributed by atoms with E-state index in [1.165, 1.54) is 7.11 Å². The molecule has 6 heteroatoms. The first-order valence-electron chi connectivity index (χ1n) is 5.42. The molecule has 0 saturated heterocycles. The van der Waals surface area contributed by atoms with Gasteiger partial charge >= 0.3 is 0 Å². The fraction of sp³-hybridized carbons (Fsp3) is 0.333. The van der Waals surface area contributed by atoms with E-state index in [4.69, 9.17) is 16.2 Å². The smallest absolute Gasteiger partial charge is 0.251 e. The Bertz CT molecular complexity index is 460. The molecule has 2 amide bonds. The number of amides is 2. The van der Waals surface area contributed by atoms with Gasteiger partial charge in [-0.15, -0.1) is 0 Å². The van der Waals surface area contributed by atoms with Crippen molar-refractivity contribution in [2.24, 2.45) is 11.5 Å². The van der Waals surface area contributed by atoms with Crippen LogP contribution in [0.25, 0.3) is 0 Å². The topological polar surface area (TPSA) is 107 Å². The second kappa shape index (κ2) is 6.13. The number of methoxy groups -OCH3 is 1. The maximum absolute atomic E-state index is 11.7. The van der Waals surface area contributed by atoms with E-state index in [0.717, 1.165) is 0 Å². The largest absolute Gasteiger partial charge is 0.383 e. The second-order valence-electron chi connectivity index (χ2n) is 3.91. The molecule has 1 aromatic rings. The van der Waals surface area contributed by atoms with Crippen LogP contribution >= 0.6 is 0 Å². The Hall–Kier alpha value is -1.92. The number of carbonyl (C=O) groups is 2. The zero-order valence-corrected chi connectivity index (χ0v) is 10.4. The van der Waals surface area contributed by atoms with Gasteiger partial charge in [0.25, 0.3) is 5.91 Å². The number of nitrogens with two attached hydrogens (primary N) is 2. The number of carbonyl (C=O) groups excluding carboxylic acids is 2. The Morgan fingerprint density at radius 2 is 2.11 bits per heavy atom. The van der Waals surface area contributed by atoms with Gasteiger partial charge in [0.05, 0.1) is 17.9 Å². The maximum atomic E-state index is 11.7. The summed E-state index contributed by atoms with van der Waals surface area (Å²) in [5, 5.41) is 2.57. The summed E-state index contributed by atoms with van der Waals surface area (Å²) in [4.78, 5) is 23.1. The molecule has 1 aromatic carbocycles. The third-order valence-electron chi connectivity index (χ3n) is 2.46. The van der Waals surface area contributed by atoms with Crippen LogP contribution in [0.3, 0.4) is 0 Å². The van der Waals surface area contributed by atoms with Crippen molar-refractivity contribution in [3.8, 4) is 0 Å². The number of nitrogens with one attached hydrogen (secondary N) is 1. The quantitative estimate of drug-likeness (QED) is 0.684. The van der Waals surface area contributed by atoms with E-state index in [2.05, 4.69) is 5.32 Å². The first-order chi connectivity index (χ1) is 8.47. The number of hydrogen-bond donors (Lipinski definition) is 3. The molecule has 6 nitrogen and oxygen atoms in total. The van der Waals surface area contributed by atoms with Crippen LogP contribution in [0, 0.1) is 6.92 Å². The van der Waals surface area contributed by atoms with E-state index in [1.54, 1.807) is 25.1 Å². The minimum Gasteiger partial charge on any atom is -0.383 e. The Morgan fingerprint density at radius 1 is 1.44 bits per heavy atom. The summed E-state index contributed by atoms with van der Waals surface area (Å²) in [5.74, 6) is -1.02. The normalized spacial score (nSPS) is 11.9. The Balaban J connectivity index is 2.94. The second-order valence-corrected chi connectivity index (χ2v) is 3.91. The van der Waals surface area contributed by atoms with Crippen molar-refractivity contribution in [1.29, 1.82) is 0 Å². The van der Waals surface area contributed by atoms with E-state index < -0.39 is 17.9 Å². The molecule has 0 heterocycles. The predicted octanol–water partition coefficient (Wildman–Crippen LogP) is 0.00612. The maximum Gasteiger partial charge on any atom is 0.251 e. The summed E-state index contributed by atoms with van der Waals surface area (Å²) in [6.45, 7) is 1.84. The lowest BCUT2D eigenvalue weighted by molar-refractivity contribution is -0.118. The Labute approximate surface area is 105 Å². The van der Waals surface area contributed by atoms with Gasteiger partial charge in [0.2, 0.25) is 5.91 Å². The summed E-state index contributed by atoms with van der Waals surface area (Å²) < 4.78 is 4.79. The molecule has 0 spiro atoms. The SMILES string of the molecule is COCC(N)C(=O)Nc1cccc(C)c1C(N)=O. The number of rotatable bonds is 5. The number of hydrogen-bond acceptors (Lipinski definition) is 4. The molecule has 0 saturated carbocycles. The van der Waals surface area contributed by atoms with Gasteiger partial charge in [-0.1, -0.05) is 12.1 Å². The van der Waals surface area contributed by atoms with Crippen molar-refractivity contribution in [3.63, 3.8) is 0 Å². The Kier molecular flexibility index (Phi) is 4.82. The van der Waals surface area contributed by atoms with Gasteiger partial charge in [0.1, 0.15) is 6.04 Å². The molecule has 5 N–H and O–H groups in total. The average molecular weight is 251 g/mol. The van der Waals surface area contributed by atoms with Gasteiger partial charge < -0.3 is 21.5 Å². The first-order valence-corrected chi connectivity index (χ1v) is 5.42. The summed E-state index contributed by atoms with van der Waals surface area (Å²) in [6.07, 6.45) is 0. The minimum atomic E-state index is -0.795. The standard InChI is InChI=1S/C12H17N3O3/c1-7-4-3-5-9(10(7)11(14)16)15-12(17)8(13)6-18-2/h3-5,8H,6,13H2,1-2H3,(H2,14,16)(H,15,17). The number of aryl methyl sites for hydroxylation is 1. The van der Waals surface area contributed by atoms with E-state index in [0.29, 0.717) is 11.3 Å². The minimum absolute atomic E-state index is 0.101. The zero-order chi connectivity index (χ0) is 13.7. The van der Waals surface area contributed by atoms with Crippen molar-refractivity contribution in [1.82, 2.24) is 0 Å². The van der Waals surface area contributed by atoms with Crippen LogP contribution in [-0.4, -0.2) is 31.6 Å². The highest BCUT2D eigenvalue weighted by molar-refractivity contribution is 6.05. The van der Waals surface area contributed by atoms with Crippen LogP contribution in [0.5, 0.6) is 0 Å². The van der Waals surface area contributed by atoms with Gasteiger partial charge in [-0.05, 0) is 18.6 Å². The predicted molar refractivity (Wildman–Crippen MR) is 68.2 cm³/mol.